The number of pyridine rings is 1. The fourth-order valence-electron chi connectivity index (χ4n) is 0.893. The van der Waals surface area contributed by atoms with Gasteiger partial charge in [-0.3, -0.25) is 4.79 Å². The summed E-state index contributed by atoms with van der Waals surface area (Å²) in [7, 11) is 0. The zero-order valence-electron chi connectivity index (χ0n) is 6.52. The molecule has 1 N–H and O–H groups in total. The molecule has 11 heavy (non-hydrogen) atoms. The number of hydrogen-bond acceptors (Lipinski definition) is 1. The van der Waals surface area contributed by atoms with Gasteiger partial charge in [-0.25, -0.2) is 0 Å². The van der Waals surface area contributed by atoms with Crippen LogP contribution in [0.25, 0.3) is 0 Å². The third-order valence-corrected chi connectivity index (χ3v) is 2.17. The Labute approximate surface area is 73.8 Å². The fraction of sp³-hybridized carbons (Fsp3) is 0.375. The summed E-state index contributed by atoms with van der Waals surface area (Å²) in [6.07, 6.45) is 0. The molecule has 0 aromatic carbocycles. The van der Waals surface area contributed by atoms with E-state index in [1.165, 1.54) is 6.07 Å². The van der Waals surface area contributed by atoms with Crippen molar-refractivity contribution in [3.05, 3.63) is 32.7 Å². The fourth-order valence-corrected chi connectivity index (χ4v) is 1.58. The van der Waals surface area contributed by atoms with Gasteiger partial charge in [-0.15, -0.1) is 0 Å². The van der Waals surface area contributed by atoms with Crippen LogP contribution in [0.3, 0.4) is 0 Å². The van der Waals surface area contributed by atoms with Crippen LogP contribution in [-0.4, -0.2) is 4.98 Å². The summed E-state index contributed by atoms with van der Waals surface area (Å²) in [4.78, 5) is 13.6. The number of aromatic amines is 1. The van der Waals surface area contributed by atoms with Crippen molar-refractivity contribution < 1.29 is 0 Å². The van der Waals surface area contributed by atoms with Crippen molar-refractivity contribution in [1.82, 2.24) is 4.98 Å². The molecule has 2 nitrogen and oxygen atoms in total. The van der Waals surface area contributed by atoms with Crippen LogP contribution in [0, 0.1) is 0 Å². The van der Waals surface area contributed by atoms with E-state index in [2.05, 4.69) is 20.9 Å². The lowest BCUT2D eigenvalue weighted by molar-refractivity contribution is 0.809. The first-order valence-corrected chi connectivity index (χ1v) is 4.29. The number of hydrogen-bond donors (Lipinski definition) is 1. The van der Waals surface area contributed by atoms with Gasteiger partial charge in [0.05, 0.1) is 0 Å². The number of halogens is 1. The quantitative estimate of drug-likeness (QED) is 0.767. The Hall–Kier alpha value is -0.570. The molecule has 1 heterocycles. The lowest BCUT2D eigenvalue weighted by Crippen LogP contribution is -2.08. The van der Waals surface area contributed by atoms with Gasteiger partial charge in [0.25, 0.3) is 0 Å². The molecule has 0 atom stereocenters. The van der Waals surface area contributed by atoms with Crippen LogP contribution >= 0.6 is 15.9 Å². The minimum Gasteiger partial charge on any atom is -0.325 e. The summed E-state index contributed by atoms with van der Waals surface area (Å²) in [6.45, 7) is 4.08. The van der Waals surface area contributed by atoms with E-state index in [0.717, 1.165) is 10.2 Å². The highest BCUT2D eigenvalue weighted by atomic mass is 79.9. The van der Waals surface area contributed by atoms with Crippen molar-refractivity contribution in [2.45, 2.75) is 19.8 Å². The first-order valence-electron chi connectivity index (χ1n) is 3.50. The topological polar surface area (TPSA) is 32.9 Å². The second-order valence-electron chi connectivity index (χ2n) is 2.74. The lowest BCUT2D eigenvalue weighted by atomic mass is 10.1. The van der Waals surface area contributed by atoms with Gasteiger partial charge in [-0.1, -0.05) is 13.8 Å². The van der Waals surface area contributed by atoms with Gasteiger partial charge in [0.15, 0.2) is 0 Å². The summed E-state index contributed by atoms with van der Waals surface area (Å²) in [5, 5.41) is 0. The molecule has 0 saturated carbocycles. The maximum Gasteiger partial charge on any atom is 0.248 e. The Bertz CT molecular complexity index is 303. The van der Waals surface area contributed by atoms with Crippen LogP contribution in [0.5, 0.6) is 0 Å². The Kier molecular flexibility index (Phi) is 2.49. The highest BCUT2D eigenvalue weighted by Gasteiger charge is 2.03. The molecule has 1 aromatic rings. The van der Waals surface area contributed by atoms with E-state index in [1.807, 2.05) is 13.8 Å². The van der Waals surface area contributed by atoms with E-state index in [-0.39, 0.29) is 5.56 Å². The van der Waals surface area contributed by atoms with Crippen LogP contribution in [0.1, 0.15) is 25.5 Å². The molecule has 0 radical (unpaired) electrons. The van der Waals surface area contributed by atoms with Crippen molar-refractivity contribution in [3.8, 4) is 0 Å². The molecule has 0 unspecified atom stereocenters. The zero-order valence-corrected chi connectivity index (χ0v) is 8.10. The number of H-pyrrole nitrogens is 1. The zero-order chi connectivity index (χ0) is 8.43. The summed E-state index contributed by atoms with van der Waals surface area (Å²) in [5.41, 5.74) is 0.911. The van der Waals surface area contributed by atoms with Gasteiger partial charge in [0, 0.05) is 16.2 Å². The van der Waals surface area contributed by atoms with Gasteiger partial charge in [0.1, 0.15) is 0 Å². The third-order valence-electron chi connectivity index (χ3n) is 1.47. The normalized spacial score (nSPS) is 10.5. The number of rotatable bonds is 1. The molecule has 0 bridgehead atoms. The molecule has 0 fully saturated rings. The average molecular weight is 216 g/mol. The Morgan fingerprint density at radius 3 is 2.55 bits per heavy atom. The highest BCUT2D eigenvalue weighted by molar-refractivity contribution is 9.10. The first-order chi connectivity index (χ1) is 5.11. The molecule has 1 aromatic heterocycles. The van der Waals surface area contributed by atoms with Gasteiger partial charge in [0.2, 0.25) is 5.56 Å². The van der Waals surface area contributed by atoms with Crippen molar-refractivity contribution >= 4 is 15.9 Å². The molecule has 0 aliphatic rings. The molecule has 60 valence electrons. The third kappa shape index (κ3) is 1.93. The monoisotopic (exact) mass is 215 g/mol. The van der Waals surface area contributed by atoms with Crippen molar-refractivity contribution in [2.24, 2.45) is 0 Å². The second-order valence-corrected chi connectivity index (χ2v) is 3.59. The standard InChI is InChI=1S/C8H10BrNO/c1-5(2)8-6(9)3-4-7(11)10-8/h3-5H,1-2H3,(H,10,11). The lowest BCUT2D eigenvalue weighted by Gasteiger charge is -2.05. The molecule has 1 rings (SSSR count). The Balaban J connectivity index is 3.23. The van der Waals surface area contributed by atoms with Gasteiger partial charge in [-0.05, 0) is 27.9 Å². The van der Waals surface area contributed by atoms with E-state index in [1.54, 1.807) is 6.07 Å². The van der Waals surface area contributed by atoms with E-state index < -0.39 is 0 Å². The van der Waals surface area contributed by atoms with E-state index >= 15 is 0 Å². The highest BCUT2D eigenvalue weighted by Crippen LogP contribution is 2.19. The molecular weight excluding hydrogens is 206 g/mol. The Morgan fingerprint density at radius 1 is 1.45 bits per heavy atom. The molecule has 0 saturated heterocycles. The van der Waals surface area contributed by atoms with Gasteiger partial charge >= 0.3 is 0 Å². The largest absolute Gasteiger partial charge is 0.325 e. The minimum absolute atomic E-state index is 0.0445. The van der Waals surface area contributed by atoms with Crippen LogP contribution in [0.4, 0.5) is 0 Å². The molecule has 0 aliphatic carbocycles. The van der Waals surface area contributed by atoms with Crippen LogP contribution in [0.15, 0.2) is 21.4 Å². The van der Waals surface area contributed by atoms with Crippen molar-refractivity contribution in [3.63, 3.8) is 0 Å². The first kappa shape index (κ1) is 8.53. The second kappa shape index (κ2) is 3.22. The molecule has 0 spiro atoms. The smallest absolute Gasteiger partial charge is 0.248 e. The maximum absolute atomic E-state index is 10.9. The van der Waals surface area contributed by atoms with Crippen LogP contribution in [0.2, 0.25) is 0 Å². The summed E-state index contributed by atoms with van der Waals surface area (Å²) < 4.78 is 0.965. The van der Waals surface area contributed by atoms with E-state index in [4.69, 9.17) is 0 Å². The predicted molar refractivity (Wildman–Crippen MR) is 48.9 cm³/mol. The SMILES string of the molecule is CC(C)c1[nH]c(=O)ccc1Br. The van der Waals surface area contributed by atoms with Gasteiger partial charge < -0.3 is 4.98 Å². The maximum atomic E-state index is 10.9. The van der Waals surface area contributed by atoms with Crippen molar-refractivity contribution in [2.75, 3.05) is 0 Å². The summed E-state index contributed by atoms with van der Waals surface area (Å²) >= 11 is 3.36. The van der Waals surface area contributed by atoms with Crippen molar-refractivity contribution in [1.29, 1.82) is 0 Å². The summed E-state index contributed by atoms with van der Waals surface area (Å²) in [6, 6.07) is 3.28. The molecule has 0 aliphatic heterocycles. The van der Waals surface area contributed by atoms with E-state index in [9.17, 15) is 4.79 Å². The summed E-state index contributed by atoms with van der Waals surface area (Å²) in [5.74, 6) is 0.346. The van der Waals surface area contributed by atoms with Crippen LogP contribution in [-0.2, 0) is 0 Å². The molecule has 0 amide bonds. The van der Waals surface area contributed by atoms with Gasteiger partial charge in [-0.2, -0.15) is 0 Å². The number of aromatic nitrogens is 1. The van der Waals surface area contributed by atoms with Crippen LogP contribution < -0.4 is 5.56 Å². The minimum atomic E-state index is -0.0445. The molecular formula is C8H10BrNO. The predicted octanol–water partition coefficient (Wildman–Crippen LogP) is 2.26. The number of nitrogens with one attached hydrogen (secondary N) is 1. The Morgan fingerprint density at radius 2 is 2.09 bits per heavy atom. The van der Waals surface area contributed by atoms with E-state index in [0.29, 0.717) is 5.92 Å². The molecule has 3 heteroatoms. The average Bonchev–Trinajstić information content (AvgIpc) is 1.94.